The van der Waals surface area contributed by atoms with Crippen LogP contribution in [-0.2, 0) is 0 Å². The average Bonchev–Trinajstić information content (AvgIpc) is 3.47. The number of carbonyl (C=O) groups excluding carboxylic acids is 1. The van der Waals surface area contributed by atoms with E-state index < -0.39 is 0 Å². The molecule has 0 bridgehead atoms. The Kier molecular flexibility index (Phi) is 4.09. The molecule has 6 heteroatoms. The second-order valence-corrected chi connectivity index (χ2v) is 7.18. The van der Waals surface area contributed by atoms with E-state index in [1.807, 2.05) is 48.5 Å². The molecular formula is C22H21N5O. The normalized spacial score (nSPS) is 16.6. The van der Waals surface area contributed by atoms with E-state index in [-0.39, 0.29) is 11.9 Å². The summed E-state index contributed by atoms with van der Waals surface area (Å²) in [6, 6.07) is 22.1. The maximum atomic E-state index is 12.6. The minimum Gasteiger partial charge on any atom is -0.353 e. The molecule has 1 fully saturated rings. The predicted molar refractivity (Wildman–Crippen MR) is 110 cm³/mol. The highest BCUT2D eigenvalue weighted by atomic mass is 16.2. The molecule has 2 aromatic heterocycles. The first kappa shape index (κ1) is 16.6. The zero-order valence-corrected chi connectivity index (χ0v) is 15.4. The number of nitrogens with zero attached hydrogens (tertiary/aromatic N) is 2. The largest absolute Gasteiger partial charge is 0.353 e. The van der Waals surface area contributed by atoms with Gasteiger partial charge in [-0.25, -0.2) is 0 Å². The molecule has 1 atom stereocenters. The Morgan fingerprint density at radius 2 is 1.89 bits per heavy atom. The molecule has 0 spiro atoms. The maximum Gasteiger partial charge on any atom is 0.268 e. The minimum atomic E-state index is -0.0601. The molecule has 0 aliphatic carbocycles. The van der Waals surface area contributed by atoms with Crippen molar-refractivity contribution in [3.05, 3.63) is 72.4 Å². The van der Waals surface area contributed by atoms with Crippen molar-refractivity contribution >= 4 is 22.6 Å². The Bertz CT molecular complexity index is 1080. The van der Waals surface area contributed by atoms with E-state index in [4.69, 9.17) is 0 Å². The first-order chi connectivity index (χ1) is 13.8. The molecule has 1 unspecified atom stereocenters. The van der Waals surface area contributed by atoms with E-state index in [0.29, 0.717) is 5.69 Å². The summed E-state index contributed by atoms with van der Waals surface area (Å²) in [5.74, 6) is 0.858. The van der Waals surface area contributed by atoms with Gasteiger partial charge < -0.3 is 15.2 Å². The number of fused-ring (bicyclic) bond motifs is 1. The topological polar surface area (TPSA) is 76.8 Å². The smallest absolute Gasteiger partial charge is 0.268 e. The number of anilines is 1. The summed E-state index contributed by atoms with van der Waals surface area (Å²) in [6.07, 6.45) is 0.902. The van der Waals surface area contributed by atoms with Crippen molar-refractivity contribution in [3.63, 3.8) is 0 Å². The predicted octanol–water partition coefficient (Wildman–Crippen LogP) is 3.57. The number of H-pyrrole nitrogens is 2. The second-order valence-electron chi connectivity index (χ2n) is 7.18. The number of hydrogen-bond acceptors (Lipinski definition) is 3. The summed E-state index contributed by atoms with van der Waals surface area (Å²) in [6.45, 7) is 1.63. The Morgan fingerprint density at radius 3 is 2.75 bits per heavy atom. The van der Waals surface area contributed by atoms with Crippen molar-refractivity contribution in [2.75, 3.05) is 18.0 Å². The van der Waals surface area contributed by atoms with Crippen molar-refractivity contribution in [1.82, 2.24) is 20.5 Å². The van der Waals surface area contributed by atoms with E-state index in [0.717, 1.165) is 47.5 Å². The van der Waals surface area contributed by atoms with E-state index >= 15 is 0 Å². The molecule has 1 aliphatic rings. The van der Waals surface area contributed by atoms with Crippen molar-refractivity contribution in [3.8, 4) is 11.3 Å². The van der Waals surface area contributed by atoms with Gasteiger partial charge >= 0.3 is 0 Å². The Hall–Kier alpha value is -3.54. The summed E-state index contributed by atoms with van der Waals surface area (Å²) in [5.41, 5.74) is 3.70. The lowest BCUT2D eigenvalue weighted by molar-refractivity contribution is 0.0936. The summed E-state index contributed by atoms with van der Waals surface area (Å²) in [5, 5.41) is 11.8. The fourth-order valence-corrected chi connectivity index (χ4v) is 3.78. The first-order valence-electron chi connectivity index (χ1n) is 9.51. The highest BCUT2D eigenvalue weighted by Crippen LogP contribution is 2.24. The molecule has 4 aromatic rings. The average molecular weight is 371 g/mol. The number of rotatable bonds is 4. The number of benzene rings is 2. The van der Waals surface area contributed by atoms with Gasteiger partial charge in [-0.1, -0.05) is 48.5 Å². The van der Waals surface area contributed by atoms with Gasteiger partial charge in [0, 0.05) is 36.1 Å². The van der Waals surface area contributed by atoms with Crippen molar-refractivity contribution in [2.24, 2.45) is 0 Å². The number of para-hydroxylation sites is 1. The number of carbonyl (C=O) groups is 1. The number of aromatic amines is 2. The Morgan fingerprint density at radius 1 is 1.07 bits per heavy atom. The van der Waals surface area contributed by atoms with Crippen LogP contribution in [0.2, 0.25) is 0 Å². The van der Waals surface area contributed by atoms with Crippen LogP contribution >= 0.6 is 0 Å². The molecule has 1 amide bonds. The molecule has 0 radical (unpaired) electrons. The van der Waals surface area contributed by atoms with Gasteiger partial charge in [-0.05, 0) is 24.1 Å². The van der Waals surface area contributed by atoms with E-state index in [9.17, 15) is 4.79 Å². The van der Waals surface area contributed by atoms with E-state index in [2.05, 4.69) is 43.6 Å². The van der Waals surface area contributed by atoms with E-state index in [1.165, 1.54) is 0 Å². The Balaban J connectivity index is 1.25. The SMILES string of the molecule is O=C(NC1CCN(c2cc(-c3ccccc3)[nH]n2)C1)c1cc2ccccc2[nH]1. The standard InChI is InChI=1S/C22H21N5O/c28-22(20-12-16-8-4-5-9-18(16)24-20)23-17-10-11-27(14-17)21-13-19(25-26-21)15-6-2-1-3-7-15/h1-9,12-13,17,24H,10-11,14H2,(H,23,28)(H,25,26). The van der Waals surface area contributed by atoms with Crippen LogP contribution in [0.25, 0.3) is 22.2 Å². The number of nitrogens with one attached hydrogen (secondary N) is 3. The molecule has 6 nitrogen and oxygen atoms in total. The zero-order chi connectivity index (χ0) is 18.9. The number of amides is 1. The summed E-state index contributed by atoms with van der Waals surface area (Å²) < 4.78 is 0. The number of aromatic nitrogens is 3. The third kappa shape index (κ3) is 3.13. The van der Waals surface area contributed by atoms with Crippen molar-refractivity contribution in [2.45, 2.75) is 12.5 Å². The molecule has 0 saturated carbocycles. The molecule has 5 rings (SSSR count). The second kappa shape index (κ2) is 6.88. The lowest BCUT2D eigenvalue weighted by Gasteiger charge is -2.15. The molecular weight excluding hydrogens is 350 g/mol. The number of hydrogen-bond donors (Lipinski definition) is 3. The third-order valence-corrected chi connectivity index (χ3v) is 5.27. The van der Waals surface area contributed by atoms with Gasteiger partial charge in [-0.2, -0.15) is 5.10 Å². The fourth-order valence-electron chi connectivity index (χ4n) is 3.78. The van der Waals surface area contributed by atoms with Gasteiger partial charge in [0.05, 0.1) is 5.69 Å². The zero-order valence-electron chi connectivity index (χ0n) is 15.4. The van der Waals surface area contributed by atoms with Gasteiger partial charge in [-0.15, -0.1) is 0 Å². The van der Waals surface area contributed by atoms with Crippen LogP contribution in [-0.4, -0.2) is 40.2 Å². The third-order valence-electron chi connectivity index (χ3n) is 5.27. The first-order valence-corrected chi connectivity index (χ1v) is 9.51. The molecule has 28 heavy (non-hydrogen) atoms. The van der Waals surface area contributed by atoms with Gasteiger partial charge in [0.1, 0.15) is 5.69 Å². The van der Waals surface area contributed by atoms with Crippen LogP contribution in [0.1, 0.15) is 16.9 Å². The summed E-state index contributed by atoms with van der Waals surface area (Å²) >= 11 is 0. The Labute approximate surface area is 162 Å². The summed E-state index contributed by atoms with van der Waals surface area (Å²) in [7, 11) is 0. The van der Waals surface area contributed by atoms with Gasteiger partial charge in [-0.3, -0.25) is 9.89 Å². The van der Waals surface area contributed by atoms with Crippen LogP contribution in [0.15, 0.2) is 66.7 Å². The van der Waals surface area contributed by atoms with Crippen molar-refractivity contribution < 1.29 is 4.79 Å². The van der Waals surface area contributed by atoms with Gasteiger partial charge in [0.15, 0.2) is 5.82 Å². The molecule has 1 saturated heterocycles. The molecule has 140 valence electrons. The molecule has 3 N–H and O–H groups in total. The van der Waals surface area contributed by atoms with Crippen LogP contribution in [0.3, 0.4) is 0 Å². The fraction of sp³-hybridized carbons (Fsp3) is 0.182. The van der Waals surface area contributed by atoms with E-state index in [1.54, 1.807) is 0 Å². The quantitative estimate of drug-likeness (QED) is 0.513. The van der Waals surface area contributed by atoms with Crippen LogP contribution < -0.4 is 10.2 Å². The molecule has 1 aliphatic heterocycles. The van der Waals surface area contributed by atoms with Gasteiger partial charge in [0.25, 0.3) is 5.91 Å². The maximum absolute atomic E-state index is 12.6. The monoisotopic (exact) mass is 371 g/mol. The lowest BCUT2D eigenvalue weighted by Crippen LogP contribution is -2.37. The lowest BCUT2D eigenvalue weighted by atomic mass is 10.1. The summed E-state index contributed by atoms with van der Waals surface area (Å²) in [4.78, 5) is 18.0. The minimum absolute atomic E-state index is 0.0601. The molecule has 3 heterocycles. The van der Waals surface area contributed by atoms with Crippen molar-refractivity contribution in [1.29, 1.82) is 0 Å². The van der Waals surface area contributed by atoms with Crippen LogP contribution in [0.4, 0.5) is 5.82 Å². The highest BCUT2D eigenvalue weighted by molar-refractivity contribution is 5.98. The van der Waals surface area contributed by atoms with Gasteiger partial charge in [0.2, 0.25) is 0 Å². The van der Waals surface area contributed by atoms with Crippen LogP contribution in [0, 0.1) is 0 Å². The highest BCUT2D eigenvalue weighted by Gasteiger charge is 2.26. The molecule has 2 aromatic carbocycles. The van der Waals surface area contributed by atoms with Crippen LogP contribution in [0.5, 0.6) is 0 Å².